The number of carbonyl (C=O) groups excluding carboxylic acids is 2. The van der Waals surface area contributed by atoms with Crippen LogP contribution in [0.2, 0.25) is 0 Å². The molecule has 0 saturated carbocycles. The number of hydrogen-bond acceptors (Lipinski definition) is 6. The summed E-state index contributed by atoms with van der Waals surface area (Å²) < 4.78 is 6.58. The van der Waals surface area contributed by atoms with E-state index in [-0.39, 0.29) is 11.7 Å². The van der Waals surface area contributed by atoms with Crippen LogP contribution in [0.3, 0.4) is 0 Å². The highest BCUT2D eigenvalue weighted by molar-refractivity contribution is 7.99. The fourth-order valence-electron chi connectivity index (χ4n) is 2.62. The number of nitrogens with zero attached hydrogens (tertiary/aromatic N) is 3. The lowest BCUT2D eigenvalue weighted by Gasteiger charge is -2.08. The molecule has 0 bridgehead atoms. The molecule has 1 amide bonds. The van der Waals surface area contributed by atoms with Gasteiger partial charge in [0.15, 0.2) is 11.0 Å². The first-order valence-electron chi connectivity index (χ1n) is 8.83. The van der Waals surface area contributed by atoms with Crippen LogP contribution >= 0.6 is 11.8 Å². The van der Waals surface area contributed by atoms with Crippen LogP contribution in [0.25, 0.3) is 11.4 Å². The van der Waals surface area contributed by atoms with Crippen molar-refractivity contribution in [2.45, 2.75) is 11.7 Å². The first-order valence-corrected chi connectivity index (χ1v) is 9.81. The lowest BCUT2D eigenvalue weighted by Crippen LogP contribution is -2.15. The van der Waals surface area contributed by atoms with Crippen molar-refractivity contribution in [1.29, 1.82) is 0 Å². The molecule has 0 spiro atoms. The van der Waals surface area contributed by atoms with Gasteiger partial charge in [0.2, 0.25) is 5.91 Å². The van der Waals surface area contributed by atoms with Crippen LogP contribution in [0, 0.1) is 0 Å². The standard InChI is InChI=1S/C21H20N4O3S/c1-3-13-25-19(15-7-5-4-6-8-15)23-24-21(25)29-14-18(26)22-17-11-9-16(10-12-17)20(27)28-2/h3-12H,1,13-14H2,2H3,(H,22,26). The summed E-state index contributed by atoms with van der Waals surface area (Å²) in [6.45, 7) is 4.33. The first-order chi connectivity index (χ1) is 14.1. The van der Waals surface area contributed by atoms with Gasteiger partial charge in [0, 0.05) is 17.8 Å². The summed E-state index contributed by atoms with van der Waals surface area (Å²) in [6.07, 6.45) is 1.77. The Hall–Kier alpha value is -3.39. The maximum atomic E-state index is 12.3. The van der Waals surface area contributed by atoms with Crippen molar-refractivity contribution in [3.8, 4) is 11.4 Å². The van der Waals surface area contributed by atoms with Crippen molar-refractivity contribution < 1.29 is 14.3 Å². The van der Waals surface area contributed by atoms with E-state index < -0.39 is 5.97 Å². The number of rotatable bonds is 8. The minimum absolute atomic E-state index is 0.169. The molecule has 0 fully saturated rings. The molecule has 29 heavy (non-hydrogen) atoms. The van der Waals surface area contributed by atoms with Crippen LogP contribution in [-0.4, -0.2) is 39.5 Å². The third kappa shape index (κ3) is 5.11. The van der Waals surface area contributed by atoms with Crippen molar-refractivity contribution in [1.82, 2.24) is 14.8 Å². The van der Waals surface area contributed by atoms with Crippen LogP contribution in [-0.2, 0) is 16.1 Å². The molecule has 1 N–H and O–H groups in total. The Morgan fingerprint density at radius 1 is 1.14 bits per heavy atom. The zero-order chi connectivity index (χ0) is 20.6. The van der Waals surface area contributed by atoms with E-state index in [4.69, 9.17) is 0 Å². The number of nitrogens with one attached hydrogen (secondary N) is 1. The van der Waals surface area contributed by atoms with E-state index in [2.05, 4.69) is 26.8 Å². The van der Waals surface area contributed by atoms with E-state index >= 15 is 0 Å². The molecule has 0 aliphatic heterocycles. The summed E-state index contributed by atoms with van der Waals surface area (Å²) in [6, 6.07) is 16.2. The van der Waals surface area contributed by atoms with Gasteiger partial charge in [-0.1, -0.05) is 48.2 Å². The van der Waals surface area contributed by atoms with Crippen molar-refractivity contribution in [2.75, 3.05) is 18.2 Å². The summed E-state index contributed by atoms with van der Waals surface area (Å²) in [5.41, 5.74) is 1.97. The fourth-order valence-corrected chi connectivity index (χ4v) is 3.37. The number of anilines is 1. The number of hydrogen-bond donors (Lipinski definition) is 1. The van der Waals surface area contributed by atoms with Crippen LogP contribution in [0.15, 0.2) is 72.4 Å². The lowest BCUT2D eigenvalue weighted by molar-refractivity contribution is -0.113. The molecule has 0 unspecified atom stereocenters. The fraction of sp³-hybridized carbons (Fsp3) is 0.143. The molecule has 8 heteroatoms. The third-order valence-corrected chi connectivity index (χ3v) is 4.95. The quantitative estimate of drug-likeness (QED) is 0.348. The molecule has 148 valence electrons. The van der Waals surface area contributed by atoms with Gasteiger partial charge in [-0.25, -0.2) is 4.79 Å². The predicted octanol–water partition coefficient (Wildman–Crippen LogP) is 3.65. The van der Waals surface area contributed by atoms with E-state index in [1.54, 1.807) is 30.3 Å². The zero-order valence-corrected chi connectivity index (χ0v) is 16.7. The van der Waals surface area contributed by atoms with Gasteiger partial charge in [-0.05, 0) is 24.3 Å². The normalized spacial score (nSPS) is 10.4. The topological polar surface area (TPSA) is 86.1 Å². The molecular weight excluding hydrogens is 388 g/mol. The number of amides is 1. The number of esters is 1. The summed E-state index contributed by atoms with van der Waals surface area (Å²) in [5, 5.41) is 11.9. The molecule has 0 aliphatic rings. The number of benzene rings is 2. The molecule has 0 radical (unpaired) electrons. The average Bonchev–Trinajstić information content (AvgIpc) is 3.16. The number of ether oxygens (including phenoxy) is 1. The minimum atomic E-state index is -0.422. The minimum Gasteiger partial charge on any atom is -0.465 e. The van der Waals surface area contributed by atoms with E-state index in [0.29, 0.717) is 23.0 Å². The van der Waals surface area contributed by atoms with Crippen LogP contribution in [0.5, 0.6) is 0 Å². The van der Waals surface area contributed by atoms with Crippen molar-refractivity contribution in [2.24, 2.45) is 0 Å². The number of thioether (sulfide) groups is 1. The van der Waals surface area contributed by atoms with Gasteiger partial charge in [-0.15, -0.1) is 16.8 Å². The summed E-state index contributed by atoms with van der Waals surface area (Å²) in [4.78, 5) is 23.8. The largest absolute Gasteiger partial charge is 0.465 e. The Morgan fingerprint density at radius 3 is 2.52 bits per heavy atom. The average molecular weight is 408 g/mol. The molecule has 3 rings (SSSR count). The van der Waals surface area contributed by atoms with Gasteiger partial charge in [0.1, 0.15) is 0 Å². The van der Waals surface area contributed by atoms with Crippen molar-refractivity contribution in [3.63, 3.8) is 0 Å². The van der Waals surface area contributed by atoms with E-state index in [9.17, 15) is 9.59 Å². The Morgan fingerprint density at radius 2 is 1.86 bits per heavy atom. The molecule has 0 saturated heterocycles. The van der Waals surface area contributed by atoms with Crippen molar-refractivity contribution in [3.05, 3.63) is 72.8 Å². The van der Waals surface area contributed by atoms with Gasteiger partial charge in [-0.3, -0.25) is 9.36 Å². The van der Waals surface area contributed by atoms with Gasteiger partial charge in [0.05, 0.1) is 18.4 Å². The molecule has 1 heterocycles. The second kappa shape index (κ2) is 9.70. The van der Waals surface area contributed by atoms with Crippen LogP contribution in [0.1, 0.15) is 10.4 Å². The highest BCUT2D eigenvalue weighted by Gasteiger charge is 2.15. The molecule has 3 aromatic rings. The van der Waals surface area contributed by atoms with Crippen LogP contribution in [0.4, 0.5) is 5.69 Å². The summed E-state index contributed by atoms with van der Waals surface area (Å²) >= 11 is 1.30. The number of aromatic nitrogens is 3. The second-order valence-electron chi connectivity index (χ2n) is 5.98. The first kappa shape index (κ1) is 20.3. The Balaban J connectivity index is 1.65. The maximum Gasteiger partial charge on any atom is 0.337 e. The second-order valence-corrected chi connectivity index (χ2v) is 6.92. The summed E-state index contributed by atoms with van der Waals surface area (Å²) in [5.74, 6) is 0.291. The smallest absolute Gasteiger partial charge is 0.337 e. The van der Waals surface area contributed by atoms with Gasteiger partial charge >= 0.3 is 5.97 Å². The van der Waals surface area contributed by atoms with Gasteiger partial charge in [0.25, 0.3) is 0 Å². The highest BCUT2D eigenvalue weighted by Crippen LogP contribution is 2.24. The number of methoxy groups -OCH3 is 1. The summed E-state index contributed by atoms with van der Waals surface area (Å²) in [7, 11) is 1.32. The maximum absolute atomic E-state index is 12.3. The molecular formula is C21H20N4O3S. The lowest BCUT2D eigenvalue weighted by atomic mass is 10.2. The van der Waals surface area contributed by atoms with Crippen molar-refractivity contribution >= 4 is 29.3 Å². The van der Waals surface area contributed by atoms with E-state index in [1.165, 1.54) is 18.9 Å². The highest BCUT2D eigenvalue weighted by atomic mass is 32.2. The predicted molar refractivity (Wildman–Crippen MR) is 113 cm³/mol. The Labute approximate surface area is 172 Å². The van der Waals surface area contributed by atoms with E-state index in [1.807, 2.05) is 34.9 Å². The van der Waals surface area contributed by atoms with Crippen LogP contribution < -0.4 is 5.32 Å². The number of allylic oxidation sites excluding steroid dienone is 1. The van der Waals surface area contributed by atoms with Gasteiger partial charge in [-0.2, -0.15) is 0 Å². The van der Waals surface area contributed by atoms with Gasteiger partial charge < -0.3 is 10.1 Å². The molecule has 7 nitrogen and oxygen atoms in total. The molecule has 0 aliphatic carbocycles. The Bertz CT molecular complexity index is 1000. The van der Waals surface area contributed by atoms with E-state index in [0.717, 1.165) is 11.4 Å². The Kier molecular flexibility index (Phi) is 6.80. The monoisotopic (exact) mass is 408 g/mol. The molecule has 1 aromatic heterocycles. The third-order valence-electron chi connectivity index (χ3n) is 3.98. The molecule has 0 atom stereocenters. The zero-order valence-electron chi connectivity index (χ0n) is 15.9. The molecule has 2 aromatic carbocycles. The number of carbonyl (C=O) groups is 2. The SMILES string of the molecule is C=CCn1c(SCC(=O)Nc2ccc(C(=O)OC)cc2)nnc1-c1ccccc1.